The lowest BCUT2D eigenvalue weighted by atomic mass is 10.1. The Balaban J connectivity index is 2.59. The van der Waals surface area contributed by atoms with E-state index in [-0.39, 0.29) is 5.91 Å². The molecule has 19 heavy (non-hydrogen) atoms. The number of nitrogens with one attached hydrogen (secondary N) is 2. The Labute approximate surface area is 108 Å². The van der Waals surface area contributed by atoms with E-state index in [4.69, 9.17) is 5.26 Å². The highest BCUT2D eigenvalue weighted by atomic mass is 19.4. The van der Waals surface area contributed by atoms with Gasteiger partial charge < -0.3 is 10.6 Å². The monoisotopic (exact) mass is 271 g/mol. The normalized spacial score (nSPS) is 12.4. The van der Waals surface area contributed by atoms with E-state index in [1.54, 1.807) is 12.1 Å². The molecule has 0 aliphatic carbocycles. The first-order valence-electron chi connectivity index (χ1n) is 5.41. The summed E-state index contributed by atoms with van der Waals surface area (Å²) < 4.78 is 37.0. The molecular formula is C12H12F3N3O. The summed E-state index contributed by atoms with van der Waals surface area (Å²) in [6, 6.07) is 7.36. The smallest absolute Gasteiger partial charge is 0.383 e. The first-order valence-corrected chi connectivity index (χ1v) is 5.41. The number of nitrogens with zero attached hydrogens (tertiary/aromatic N) is 1. The maximum Gasteiger partial charge on any atom is 0.406 e. The largest absolute Gasteiger partial charge is 0.406 e. The Bertz CT molecular complexity index is 476. The zero-order chi connectivity index (χ0) is 14.5. The van der Waals surface area contributed by atoms with E-state index >= 15 is 0 Å². The standard InChI is InChI=1S/C12H12F3N3O/c1-8(19)18-11-4-2-10(3-5-11)17-7-9(6-16)12(13,14)15/h2-5,9,17H,7H2,1H3,(H,18,19). The second-order valence-electron chi connectivity index (χ2n) is 3.86. The summed E-state index contributed by atoms with van der Waals surface area (Å²) in [5.41, 5.74) is 0.990. The number of nitriles is 1. The van der Waals surface area contributed by atoms with Crippen molar-refractivity contribution in [1.29, 1.82) is 5.26 Å². The minimum absolute atomic E-state index is 0.234. The van der Waals surface area contributed by atoms with Crippen molar-refractivity contribution >= 4 is 17.3 Å². The van der Waals surface area contributed by atoms with Gasteiger partial charge in [-0.2, -0.15) is 18.4 Å². The zero-order valence-electron chi connectivity index (χ0n) is 10.1. The Hall–Kier alpha value is -2.23. The third kappa shape index (κ3) is 4.87. The van der Waals surface area contributed by atoms with Crippen molar-refractivity contribution in [2.75, 3.05) is 17.2 Å². The van der Waals surface area contributed by atoms with Crippen LogP contribution in [0, 0.1) is 17.2 Å². The molecule has 102 valence electrons. The number of hydrogen-bond donors (Lipinski definition) is 2. The topological polar surface area (TPSA) is 64.9 Å². The molecule has 0 saturated carbocycles. The molecular weight excluding hydrogens is 259 g/mol. The van der Waals surface area contributed by atoms with Gasteiger partial charge in [-0.05, 0) is 24.3 Å². The average Bonchev–Trinajstić information content (AvgIpc) is 2.29. The van der Waals surface area contributed by atoms with Gasteiger partial charge in [0.25, 0.3) is 0 Å². The molecule has 0 spiro atoms. The van der Waals surface area contributed by atoms with Crippen molar-refractivity contribution in [3.05, 3.63) is 24.3 Å². The van der Waals surface area contributed by atoms with Gasteiger partial charge in [-0.25, -0.2) is 0 Å². The Morgan fingerprint density at radius 3 is 2.26 bits per heavy atom. The summed E-state index contributed by atoms with van der Waals surface area (Å²) in [6.45, 7) is 0.840. The minimum atomic E-state index is -4.54. The number of benzene rings is 1. The van der Waals surface area contributed by atoms with Crippen molar-refractivity contribution in [1.82, 2.24) is 0 Å². The lowest BCUT2D eigenvalue weighted by Gasteiger charge is -2.14. The van der Waals surface area contributed by atoms with Crippen LogP contribution in [0.25, 0.3) is 0 Å². The number of halogens is 3. The van der Waals surface area contributed by atoms with Crippen LogP contribution in [0.4, 0.5) is 24.5 Å². The average molecular weight is 271 g/mol. The van der Waals surface area contributed by atoms with E-state index in [2.05, 4.69) is 10.6 Å². The second-order valence-corrected chi connectivity index (χ2v) is 3.86. The molecule has 1 aromatic rings. The molecule has 0 aromatic heterocycles. The molecule has 0 bridgehead atoms. The maximum absolute atomic E-state index is 12.3. The fourth-order valence-corrected chi connectivity index (χ4v) is 1.33. The highest BCUT2D eigenvalue weighted by Crippen LogP contribution is 2.26. The molecule has 1 atom stereocenters. The van der Waals surface area contributed by atoms with Crippen molar-refractivity contribution in [2.45, 2.75) is 13.1 Å². The van der Waals surface area contributed by atoms with Crippen molar-refractivity contribution in [3.63, 3.8) is 0 Å². The predicted octanol–water partition coefficient (Wildman–Crippen LogP) is 2.76. The number of amides is 1. The van der Waals surface area contributed by atoms with Crippen molar-refractivity contribution in [2.24, 2.45) is 5.92 Å². The molecule has 0 fully saturated rings. The molecule has 1 aromatic carbocycles. The summed E-state index contributed by atoms with van der Waals surface area (Å²) in [5, 5.41) is 13.5. The van der Waals surface area contributed by atoms with Crippen LogP contribution >= 0.6 is 0 Å². The lowest BCUT2D eigenvalue weighted by molar-refractivity contribution is -0.155. The van der Waals surface area contributed by atoms with Gasteiger partial charge >= 0.3 is 6.18 Å². The van der Waals surface area contributed by atoms with Gasteiger partial charge in [0.2, 0.25) is 5.91 Å². The first-order chi connectivity index (χ1) is 8.82. The van der Waals surface area contributed by atoms with Crippen LogP contribution in [0.3, 0.4) is 0 Å². The third-order valence-corrected chi connectivity index (χ3v) is 2.27. The summed E-state index contributed by atoms with van der Waals surface area (Å²) in [4.78, 5) is 10.8. The van der Waals surface area contributed by atoms with Crippen LogP contribution in [0.2, 0.25) is 0 Å². The number of carbonyl (C=O) groups is 1. The van der Waals surface area contributed by atoms with Crippen molar-refractivity contribution in [3.8, 4) is 6.07 Å². The Morgan fingerprint density at radius 1 is 1.32 bits per heavy atom. The van der Waals surface area contributed by atoms with Gasteiger partial charge in [-0.15, -0.1) is 0 Å². The molecule has 7 heteroatoms. The van der Waals surface area contributed by atoms with E-state index in [1.165, 1.54) is 25.1 Å². The maximum atomic E-state index is 12.3. The van der Waals surface area contributed by atoms with Crippen LogP contribution in [0.5, 0.6) is 0 Å². The molecule has 0 heterocycles. The predicted molar refractivity (Wildman–Crippen MR) is 64.4 cm³/mol. The number of hydrogen-bond acceptors (Lipinski definition) is 3. The summed E-state index contributed by atoms with van der Waals surface area (Å²) in [6.07, 6.45) is -4.54. The van der Waals surface area contributed by atoms with E-state index in [0.29, 0.717) is 11.4 Å². The number of carbonyl (C=O) groups excluding carboxylic acids is 1. The van der Waals surface area contributed by atoms with Crippen LogP contribution in [-0.4, -0.2) is 18.6 Å². The highest BCUT2D eigenvalue weighted by molar-refractivity contribution is 5.88. The van der Waals surface area contributed by atoms with Gasteiger partial charge in [-0.1, -0.05) is 0 Å². The number of anilines is 2. The van der Waals surface area contributed by atoms with Crippen molar-refractivity contribution < 1.29 is 18.0 Å². The summed E-state index contributed by atoms with van der Waals surface area (Å²) in [7, 11) is 0. The van der Waals surface area contributed by atoms with E-state index in [1.807, 2.05) is 0 Å². The van der Waals surface area contributed by atoms with E-state index in [0.717, 1.165) is 0 Å². The van der Waals surface area contributed by atoms with E-state index in [9.17, 15) is 18.0 Å². The Kier molecular flexibility index (Phi) is 4.75. The summed E-state index contributed by atoms with van der Waals surface area (Å²) in [5.74, 6) is -2.29. The van der Waals surface area contributed by atoms with Crippen LogP contribution < -0.4 is 10.6 Å². The molecule has 1 rings (SSSR count). The number of rotatable bonds is 4. The number of alkyl halides is 3. The van der Waals surface area contributed by atoms with Crippen LogP contribution in [-0.2, 0) is 4.79 Å². The fourth-order valence-electron chi connectivity index (χ4n) is 1.33. The van der Waals surface area contributed by atoms with Crippen LogP contribution in [0.15, 0.2) is 24.3 Å². The molecule has 1 amide bonds. The Morgan fingerprint density at radius 2 is 1.84 bits per heavy atom. The van der Waals surface area contributed by atoms with Gasteiger partial charge in [0.1, 0.15) is 0 Å². The lowest BCUT2D eigenvalue weighted by Crippen LogP contribution is -2.28. The molecule has 1 unspecified atom stereocenters. The van der Waals surface area contributed by atoms with Gasteiger partial charge in [0.05, 0.1) is 6.07 Å². The second kappa shape index (κ2) is 6.09. The molecule has 4 nitrogen and oxygen atoms in total. The molecule has 0 saturated heterocycles. The quantitative estimate of drug-likeness (QED) is 0.885. The van der Waals surface area contributed by atoms with Gasteiger partial charge in [-0.3, -0.25) is 4.79 Å². The summed E-state index contributed by atoms with van der Waals surface area (Å²) >= 11 is 0. The minimum Gasteiger partial charge on any atom is -0.383 e. The molecule has 0 radical (unpaired) electrons. The van der Waals surface area contributed by atoms with Gasteiger partial charge in [0, 0.05) is 24.8 Å². The molecule has 0 aliphatic rings. The third-order valence-electron chi connectivity index (χ3n) is 2.27. The SMILES string of the molecule is CC(=O)Nc1ccc(NCC(C#N)C(F)(F)F)cc1. The fraction of sp³-hybridized carbons (Fsp3) is 0.333. The molecule has 0 aliphatic heterocycles. The molecule has 2 N–H and O–H groups in total. The van der Waals surface area contributed by atoms with E-state index < -0.39 is 18.6 Å². The first kappa shape index (κ1) is 14.8. The van der Waals surface area contributed by atoms with Gasteiger partial charge in [0.15, 0.2) is 5.92 Å². The highest BCUT2D eigenvalue weighted by Gasteiger charge is 2.39. The van der Waals surface area contributed by atoms with Crippen LogP contribution in [0.1, 0.15) is 6.92 Å². The zero-order valence-corrected chi connectivity index (χ0v) is 10.1.